The molecule has 88 valence electrons. The normalized spacial score (nSPS) is 22.4. The molecule has 1 amide bonds. The van der Waals surface area contributed by atoms with Gasteiger partial charge in [0, 0.05) is 11.4 Å². The molecule has 2 heterocycles. The van der Waals surface area contributed by atoms with E-state index in [1.54, 1.807) is 11.3 Å². The molecule has 1 fully saturated rings. The van der Waals surface area contributed by atoms with E-state index in [1.807, 2.05) is 17.9 Å². The van der Waals surface area contributed by atoms with Crippen molar-refractivity contribution >= 4 is 17.2 Å². The summed E-state index contributed by atoms with van der Waals surface area (Å²) in [5.74, 6) is 0.110. The number of carbonyl (C=O) groups is 1. The first-order chi connectivity index (χ1) is 7.74. The molecule has 1 saturated heterocycles. The Morgan fingerprint density at radius 1 is 1.75 bits per heavy atom. The van der Waals surface area contributed by atoms with Gasteiger partial charge in [-0.2, -0.15) is 0 Å². The van der Waals surface area contributed by atoms with E-state index in [0.29, 0.717) is 6.42 Å². The van der Waals surface area contributed by atoms with Crippen molar-refractivity contribution in [2.75, 3.05) is 6.54 Å². The summed E-state index contributed by atoms with van der Waals surface area (Å²) in [6.07, 6.45) is 2.87. The van der Waals surface area contributed by atoms with Crippen LogP contribution in [0.25, 0.3) is 0 Å². The van der Waals surface area contributed by atoms with Gasteiger partial charge in [0.2, 0.25) is 5.91 Å². The predicted octanol–water partition coefficient (Wildman–Crippen LogP) is 2.15. The van der Waals surface area contributed by atoms with Gasteiger partial charge in [0.05, 0.1) is 12.1 Å². The van der Waals surface area contributed by atoms with Crippen molar-refractivity contribution < 1.29 is 4.79 Å². The molecule has 0 radical (unpaired) electrons. The maximum absolute atomic E-state index is 12.1. The van der Waals surface area contributed by atoms with Crippen LogP contribution in [0.5, 0.6) is 0 Å². The highest BCUT2D eigenvalue weighted by molar-refractivity contribution is 7.10. The largest absolute Gasteiger partial charge is 0.333 e. The van der Waals surface area contributed by atoms with Crippen LogP contribution in [0, 0.1) is 0 Å². The lowest BCUT2D eigenvalue weighted by atomic mass is 10.1. The molecule has 0 saturated carbocycles. The van der Waals surface area contributed by atoms with Gasteiger partial charge in [-0.15, -0.1) is 11.3 Å². The second-order valence-corrected chi connectivity index (χ2v) is 5.20. The average Bonchev–Trinajstić information content (AvgIpc) is 2.95. The molecule has 0 bridgehead atoms. The second-order valence-electron chi connectivity index (χ2n) is 4.22. The number of likely N-dealkylation sites (tertiary alicyclic amines) is 1. The lowest BCUT2D eigenvalue weighted by Crippen LogP contribution is -2.42. The van der Waals surface area contributed by atoms with Crippen LogP contribution in [0.1, 0.15) is 37.1 Å². The molecular formula is C12H18N2OS. The first kappa shape index (κ1) is 11.6. The third-order valence-corrected chi connectivity index (χ3v) is 4.14. The molecule has 0 aliphatic carbocycles. The molecule has 4 heteroatoms. The Hall–Kier alpha value is -0.870. The van der Waals surface area contributed by atoms with Crippen molar-refractivity contribution in [2.24, 2.45) is 5.73 Å². The highest BCUT2D eigenvalue weighted by Gasteiger charge is 2.32. The van der Waals surface area contributed by atoms with Crippen molar-refractivity contribution in [3.63, 3.8) is 0 Å². The number of carbonyl (C=O) groups excluding carboxylic acids is 1. The molecule has 2 N–H and O–H groups in total. The Morgan fingerprint density at radius 2 is 2.56 bits per heavy atom. The van der Waals surface area contributed by atoms with Gasteiger partial charge in [0.25, 0.3) is 0 Å². The minimum absolute atomic E-state index is 0.110. The average molecular weight is 238 g/mol. The molecule has 2 unspecified atom stereocenters. The zero-order valence-electron chi connectivity index (χ0n) is 9.56. The number of hydrogen-bond donors (Lipinski definition) is 1. The predicted molar refractivity (Wildman–Crippen MR) is 66.3 cm³/mol. The van der Waals surface area contributed by atoms with Gasteiger partial charge in [0.15, 0.2) is 0 Å². The summed E-state index contributed by atoms with van der Waals surface area (Å²) in [5.41, 5.74) is 5.82. The van der Waals surface area contributed by atoms with Crippen molar-refractivity contribution in [1.29, 1.82) is 0 Å². The van der Waals surface area contributed by atoms with E-state index in [4.69, 9.17) is 5.73 Å². The fourth-order valence-electron chi connectivity index (χ4n) is 2.19. The summed E-state index contributed by atoms with van der Waals surface area (Å²) < 4.78 is 0. The van der Waals surface area contributed by atoms with Crippen LogP contribution in [0.2, 0.25) is 0 Å². The molecule has 16 heavy (non-hydrogen) atoms. The van der Waals surface area contributed by atoms with Crippen molar-refractivity contribution in [2.45, 2.75) is 38.3 Å². The van der Waals surface area contributed by atoms with E-state index >= 15 is 0 Å². The lowest BCUT2D eigenvalue weighted by molar-refractivity contribution is -0.133. The molecule has 1 aliphatic rings. The zero-order valence-corrected chi connectivity index (χ0v) is 10.4. The van der Waals surface area contributed by atoms with Crippen LogP contribution in [-0.4, -0.2) is 23.4 Å². The molecule has 1 aromatic rings. The van der Waals surface area contributed by atoms with Gasteiger partial charge in [-0.3, -0.25) is 4.79 Å². The third-order valence-electron chi connectivity index (χ3n) is 3.16. The van der Waals surface area contributed by atoms with Crippen LogP contribution in [0.15, 0.2) is 17.5 Å². The Balaban J connectivity index is 2.12. The number of amides is 1. The van der Waals surface area contributed by atoms with Crippen LogP contribution in [0.3, 0.4) is 0 Å². The van der Waals surface area contributed by atoms with Crippen LogP contribution >= 0.6 is 11.3 Å². The summed E-state index contributed by atoms with van der Waals surface area (Å²) in [4.78, 5) is 15.3. The number of rotatable bonds is 3. The quantitative estimate of drug-likeness (QED) is 0.877. The van der Waals surface area contributed by atoms with Crippen LogP contribution < -0.4 is 5.73 Å². The molecule has 1 aliphatic heterocycles. The van der Waals surface area contributed by atoms with Gasteiger partial charge in [-0.25, -0.2) is 0 Å². The summed E-state index contributed by atoms with van der Waals surface area (Å²) in [6, 6.07) is 4.09. The van der Waals surface area contributed by atoms with E-state index in [2.05, 4.69) is 11.4 Å². The number of nitrogens with two attached hydrogens (primary N) is 1. The number of thiophene rings is 1. The maximum Gasteiger partial charge on any atom is 0.240 e. The van der Waals surface area contributed by atoms with Gasteiger partial charge in [-0.1, -0.05) is 13.0 Å². The lowest BCUT2D eigenvalue weighted by Gasteiger charge is -2.26. The van der Waals surface area contributed by atoms with Gasteiger partial charge >= 0.3 is 0 Å². The summed E-state index contributed by atoms with van der Waals surface area (Å²) >= 11 is 1.73. The molecule has 1 aromatic heterocycles. The molecule has 0 aromatic carbocycles. The molecule has 0 spiro atoms. The maximum atomic E-state index is 12.1. The van der Waals surface area contributed by atoms with E-state index in [9.17, 15) is 4.79 Å². The number of nitrogens with zero attached hydrogens (tertiary/aromatic N) is 1. The summed E-state index contributed by atoms with van der Waals surface area (Å²) in [7, 11) is 0. The van der Waals surface area contributed by atoms with E-state index in [0.717, 1.165) is 19.4 Å². The highest BCUT2D eigenvalue weighted by Crippen LogP contribution is 2.34. The Labute approximate surface area is 100 Å². The van der Waals surface area contributed by atoms with Crippen molar-refractivity contribution in [3.8, 4) is 0 Å². The van der Waals surface area contributed by atoms with E-state index in [1.165, 1.54) is 4.88 Å². The summed E-state index contributed by atoms with van der Waals surface area (Å²) in [6.45, 7) is 2.81. The number of hydrogen-bond acceptors (Lipinski definition) is 3. The second kappa shape index (κ2) is 4.97. The van der Waals surface area contributed by atoms with Gasteiger partial charge < -0.3 is 10.6 Å². The van der Waals surface area contributed by atoms with E-state index in [-0.39, 0.29) is 18.0 Å². The standard InChI is InChI=1S/C12H18N2OS/c1-2-9(13)12(15)14-7-3-5-10(14)11-6-4-8-16-11/h4,6,8-10H,2-3,5,7,13H2,1H3. The SMILES string of the molecule is CCC(N)C(=O)N1CCCC1c1cccs1. The zero-order chi connectivity index (χ0) is 11.5. The molecule has 2 rings (SSSR count). The fraction of sp³-hybridized carbons (Fsp3) is 0.583. The van der Waals surface area contributed by atoms with Crippen molar-refractivity contribution in [1.82, 2.24) is 4.90 Å². The highest BCUT2D eigenvalue weighted by atomic mass is 32.1. The molecule has 3 nitrogen and oxygen atoms in total. The first-order valence-corrected chi connectivity index (χ1v) is 6.71. The van der Waals surface area contributed by atoms with Gasteiger partial charge in [-0.05, 0) is 30.7 Å². The van der Waals surface area contributed by atoms with Gasteiger partial charge in [0.1, 0.15) is 0 Å². The summed E-state index contributed by atoms with van der Waals surface area (Å²) in [5, 5.41) is 2.07. The first-order valence-electron chi connectivity index (χ1n) is 5.83. The Morgan fingerprint density at radius 3 is 3.19 bits per heavy atom. The topological polar surface area (TPSA) is 46.3 Å². The molecular weight excluding hydrogens is 220 g/mol. The van der Waals surface area contributed by atoms with Crippen LogP contribution in [-0.2, 0) is 4.79 Å². The van der Waals surface area contributed by atoms with Crippen LogP contribution in [0.4, 0.5) is 0 Å². The monoisotopic (exact) mass is 238 g/mol. The minimum Gasteiger partial charge on any atom is -0.333 e. The smallest absolute Gasteiger partial charge is 0.240 e. The Kier molecular flexibility index (Phi) is 3.61. The molecule has 2 atom stereocenters. The third kappa shape index (κ3) is 2.13. The van der Waals surface area contributed by atoms with Crippen molar-refractivity contribution in [3.05, 3.63) is 22.4 Å². The van der Waals surface area contributed by atoms with E-state index < -0.39 is 0 Å². The minimum atomic E-state index is -0.333. The fourth-order valence-corrected chi connectivity index (χ4v) is 3.07. The Bertz CT molecular complexity index is 350.